The van der Waals surface area contributed by atoms with E-state index in [1.54, 1.807) is 0 Å². The lowest BCUT2D eigenvalue weighted by molar-refractivity contribution is 0.102. The maximum absolute atomic E-state index is 12.3. The number of amides is 1. The number of aryl methyl sites for hydroxylation is 1. The Morgan fingerprint density at radius 2 is 1.73 bits per heavy atom. The summed E-state index contributed by atoms with van der Waals surface area (Å²) in [5, 5.41) is 2.96. The second kappa shape index (κ2) is 6.36. The van der Waals surface area contributed by atoms with E-state index >= 15 is 0 Å². The van der Waals surface area contributed by atoms with Crippen molar-refractivity contribution in [2.45, 2.75) is 6.92 Å². The zero-order chi connectivity index (χ0) is 15.5. The predicted molar refractivity (Wildman–Crippen MR) is 97.6 cm³/mol. The van der Waals surface area contributed by atoms with E-state index in [0.717, 1.165) is 20.5 Å². The van der Waals surface area contributed by atoms with E-state index in [2.05, 4.69) is 27.9 Å². The average molecular weight is 402 g/mol. The van der Waals surface area contributed by atoms with Crippen LogP contribution in [0.25, 0.3) is 5.69 Å². The van der Waals surface area contributed by atoms with Crippen LogP contribution in [0.5, 0.6) is 0 Å². The molecule has 0 saturated carbocycles. The number of hydrogen-bond donors (Lipinski definition) is 1. The quantitative estimate of drug-likeness (QED) is 0.637. The highest BCUT2D eigenvalue weighted by Gasteiger charge is 2.08. The molecule has 0 fully saturated rings. The number of nitrogens with one attached hydrogen (secondary N) is 1. The Hall–Kier alpha value is -2.08. The number of anilines is 1. The second-order valence-corrected chi connectivity index (χ2v) is 6.30. The van der Waals surface area contributed by atoms with Crippen molar-refractivity contribution in [1.82, 2.24) is 4.57 Å². The molecule has 4 heteroatoms. The smallest absolute Gasteiger partial charge is 0.255 e. The van der Waals surface area contributed by atoms with Crippen LogP contribution in [0.2, 0.25) is 0 Å². The standard InChI is InChI=1S/C18H15IN2O/c1-13-12-15(19)6-9-17(13)20-18(22)14-4-7-16(8-5-14)21-10-2-3-11-21/h2-12H,1H3,(H,20,22). The van der Waals surface area contributed by atoms with Crippen molar-refractivity contribution in [3.63, 3.8) is 0 Å². The molecule has 3 nitrogen and oxygen atoms in total. The first kappa shape index (κ1) is 14.8. The summed E-state index contributed by atoms with van der Waals surface area (Å²) in [5.41, 5.74) is 3.59. The summed E-state index contributed by atoms with van der Waals surface area (Å²) < 4.78 is 3.16. The van der Waals surface area contributed by atoms with E-state index in [0.29, 0.717) is 5.56 Å². The monoisotopic (exact) mass is 402 g/mol. The third-order valence-corrected chi connectivity index (χ3v) is 4.14. The van der Waals surface area contributed by atoms with Gasteiger partial charge in [-0.15, -0.1) is 0 Å². The Kier molecular flexibility index (Phi) is 4.29. The summed E-state index contributed by atoms with van der Waals surface area (Å²) in [7, 11) is 0. The van der Waals surface area contributed by atoms with Crippen molar-refractivity contribution < 1.29 is 4.79 Å². The van der Waals surface area contributed by atoms with Gasteiger partial charge >= 0.3 is 0 Å². The molecule has 0 aliphatic rings. The molecule has 2 aromatic carbocycles. The number of nitrogens with zero attached hydrogens (tertiary/aromatic N) is 1. The molecule has 0 spiro atoms. The van der Waals surface area contributed by atoms with Gasteiger partial charge in [0, 0.05) is 32.9 Å². The minimum Gasteiger partial charge on any atom is -0.324 e. The van der Waals surface area contributed by atoms with Gasteiger partial charge in [-0.05, 0) is 89.7 Å². The van der Waals surface area contributed by atoms with Crippen molar-refractivity contribution >= 4 is 34.2 Å². The van der Waals surface area contributed by atoms with E-state index in [-0.39, 0.29) is 5.91 Å². The van der Waals surface area contributed by atoms with Crippen LogP contribution >= 0.6 is 22.6 Å². The lowest BCUT2D eigenvalue weighted by Gasteiger charge is -2.09. The number of carbonyl (C=O) groups excluding carboxylic acids is 1. The van der Waals surface area contributed by atoms with Gasteiger partial charge in [0.1, 0.15) is 0 Å². The Morgan fingerprint density at radius 3 is 2.36 bits per heavy atom. The van der Waals surface area contributed by atoms with E-state index in [9.17, 15) is 4.79 Å². The Balaban J connectivity index is 1.77. The van der Waals surface area contributed by atoms with Gasteiger partial charge in [0.15, 0.2) is 0 Å². The molecular weight excluding hydrogens is 387 g/mol. The van der Waals surface area contributed by atoms with E-state index < -0.39 is 0 Å². The minimum absolute atomic E-state index is 0.0941. The van der Waals surface area contributed by atoms with Crippen LogP contribution in [-0.2, 0) is 0 Å². The van der Waals surface area contributed by atoms with Gasteiger partial charge in [-0.25, -0.2) is 0 Å². The number of aromatic nitrogens is 1. The number of rotatable bonds is 3. The number of carbonyl (C=O) groups is 1. The lowest BCUT2D eigenvalue weighted by Crippen LogP contribution is -2.12. The number of hydrogen-bond acceptors (Lipinski definition) is 1. The summed E-state index contributed by atoms with van der Waals surface area (Å²) in [4.78, 5) is 12.3. The van der Waals surface area contributed by atoms with Crippen molar-refractivity contribution in [3.8, 4) is 5.69 Å². The minimum atomic E-state index is -0.0941. The predicted octanol–water partition coefficient (Wildman–Crippen LogP) is 4.64. The van der Waals surface area contributed by atoms with Crippen LogP contribution in [0.1, 0.15) is 15.9 Å². The Morgan fingerprint density at radius 1 is 1.05 bits per heavy atom. The summed E-state index contributed by atoms with van der Waals surface area (Å²) in [6, 6.07) is 17.5. The van der Waals surface area contributed by atoms with Gasteiger partial charge in [0.05, 0.1) is 0 Å². The van der Waals surface area contributed by atoms with Crippen molar-refractivity contribution in [1.29, 1.82) is 0 Å². The molecule has 1 amide bonds. The van der Waals surface area contributed by atoms with Gasteiger partial charge in [-0.3, -0.25) is 4.79 Å². The highest BCUT2D eigenvalue weighted by Crippen LogP contribution is 2.19. The second-order valence-electron chi connectivity index (χ2n) is 5.05. The normalized spacial score (nSPS) is 10.5. The van der Waals surface area contributed by atoms with Gasteiger partial charge in [-0.1, -0.05) is 0 Å². The van der Waals surface area contributed by atoms with Gasteiger partial charge < -0.3 is 9.88 Å². The zero-order valence-electron chi connectivity index (χ0n) is 12.1. The largest absolute Gasteiger partial charge is 0.324 e. The summed E-state index contributed by atoms with van der Waals surface area (Å²) >= 11 is 2.26. The van der Waals surface area contributed by atoms with E-state index in [4.69, 9.17) is 0 Å². The molecule has 0 bridgehead atoms. The third-order valence-electron chi connectivity index (χ3n) is 3.47. The molecule has 3 rings (SSSR count). The molecule has 0 unspecified atom stereocenters. The number of halogens is 1. The maximum atomic E-state index is 12.3. The van der Waals surface area contributed by atoms with Crippen LogP contribution in [0.4, 0.5) is 5.69 Å². The third kappa shape index (κ3) is 3.22. The van der Waals surface area contributed by atoms with Gasteiger partial charge in [0.25, 0.3) is 5.91 Å². The fourth-order valence-electron chi connectivity index (χ4n) is 2.25. The van der Waals surface area contributed by atoms with Crippen LogP contribution in [-0.4, -0.2) is 10.5 Å². The lowest BCUT2D eigenvalue weighted by atomic mass is 10.1. The SMILES string of the molecule is Cc1cc(I)ccc1NC(=O)c1ccc(-n2cccc2)cc1. The molecule has 1 N–H and O–H groups in total. The number of benzene rings is 2. The molecule has 0 aliphatic heterocycles. The van der Waals surface area contributed by atoms with Crippen molar-refractivity contribution in [2.24, 2.45) is 0 Å². The van der Waals surface area contributed by atoms with Crippen LogP contribution in [0.15, 0.2) is 67.0 Å². The molecular formula is C18H15IN2O. The molecule has 0 atom stereocenters. The first-order chi connectivity index (χ1) is 10.6. The fourth-order valence-corrected chi connectivity index (χ4v) is 2.90. The van der Waals surface area contributed by atoms with Gasteiger partial charge in [-0.2, -0.15) is 0 Å². The fraction of sp³-hybridized carbons (Fsp3) is 0.0556. The molecule has 0 aliphatic carbocycles. The van der Waals surface area contributed by atoms with Crippen LogP contribution in [0.3, 0.4) is 0 Å². The Labute approximate surface area is 143 Å². The molecule has 0 saturated heterocycles. The van der Waals surface area contributed by atoms with Crippen LogP contribution in [0, 0.1) is 10.5 Å². The van der Waals surface area contributed by atoms with Crippen molar-refractivity contribution in [3.05, 3.63) is 81.7 Å². The molecule has 3 aromatic rings. The highest BCUT2D eigenvalue weighted by molar-refractivity contribution is 14.1. The van der Waals surface area contributed by atoms with Crippen molar-refractivity contribution in [2.75, 3.05) is 5.32 Å². The molecule has 1 heterocycles. The molecule has 1 aromatic heterocycles. The van der Waals surface area contributed by atoms with E-state index in [1.165, 1.54) is 0 Å². The molecule has 22 heavy (non-hydrogen) atoms. The first-order valence-electron chi connectivity index (χ1n) is 6.94. The maximum Gasteiger partial charge on any atom is 0.255 e. The Bertz CT molecular complexity index is 792. The van der Waals surface area contributed by atoms with Crippen LogP contribution < -0.4 is 5.32 Å². The topological polar surface area (TPSA) is 34.0 Å². The summed E-state index contributed by atoms with van der Waals surface area (Å²) in [5.74, 6) is -0.0941. The molecule has 110 valence electrons. The first-order valence-corrected chi connectivity index (χ1v) is 8.02. The van der Waals surface area contributed by atoms with E-state index in [1.807, 2.05) is 78.5 Å². The molecule has 0 radical (unpaired) electrons. The summed E-state index contributed by atoms with van der Waals surface area (Å²) in [6.07, 6.45) is 3.95. The average Bonchev–Trinajstić information content (AvgIpc) is 3.04. The highest BCUT2D eigenvalue weighted by atomic mass is 127. The zero-order valence-corrected chi connectivity index (χ0v) is 14.2. The van der Waals surface area contributed by atoms with Gasteiger partial charge in [0.2, 0.25) is 0 Å². The summed E-state index contributed by atoms with van der Waals surface area (Å²) in [6.45, 7) is 1.99.